The number of carbonyl (C=O) groups is 6. The molecule has 3 radical (unpaired) electrons. The van der Waals surface area contributed by atoms with Crippen molar-refractivity contribution in [2.45, 2.75) is 295 Å². The number of alkyl halides is 2. The summed E-state index contributed by atoms with van der Waals surface area (Å²) in [5.74, 6) is 6.07. The van der Waals surface area contributed by atoms with Crippen molar-refractivity contribution in [3.8, 4) is 0 Å². The number of amides is 2. The van der Waals surface area contributed by atoms with Gasteiger partial charge in [-0.3, -0.25) is 23.7 Å². The van der Waals surface area contributed by atoms with Crippen LogP contribution < -0.4 is 54.3 Å². The molecular weight excluding hydrogens is 1780 g/mol. The van der Waals surface area contributed by atoms with Gasteiger partial charge in [0, 0.05) is 115 Å². The molecule has 8 aliphatic heterocycles. The summed E-state index contributed by atoms with van der Waals surface area (Å²) < 4.78 is 60.2. The van der Waals surface area contributed by atoms with Crippen LogP contribution in [0.25, 0.3) is 0 Å². The van der Waals surface area contributed by atoms with Gasteiger partial charge in [0.1, 0.15) is 17.0 Å². The molecule has 23 nitrogen and oxygen atoms in total. The van der Waals surface area contributed by atoms with E-state index in [2.05, 4.69) is 147 Å². The van der Waals surface area contributed by atoms with Gasteiger partial charge in [0.25, 0.3) is 0 Å². The monoisotopic (exact) mass is 1920 g/mol. The van der Waals surface area contributed by atoms with E-state index < -0.39 is 48.2 Å². The summed E-state index contributed by atoms with van der Waals surface area (Å²) in [7, 11) is 2.41. The zero-order valence-corrected chi connectivity index (χ0v) is 86.9. The zero-order chi connectivity index (χ0) is 92.8. The summed E-state index contributed by atoms with van der Waals surface area (Å²) in [5, 5.41) is 7.30. The standard InChI is InChI=1S/C25H36N2O2.C21H30N2O2S.C20H28N2.C18H26N2O2.C7H10O.C4H6O4.C2H3BO2.CH2Cl2.CH3ClO2S.ClH.Na/c1-17-5-8-21-20(13-17)25(16-27(21)23(28)29-24(2,3)4)9-11-26(12-10-25)22-15-18-6-7-19(22)14-18;1-15-3-6-19-18(11-15)21(14-23(19)26(2,24)25)7-9-22(10-8-21)20-13-16-4-5-17(20)12-16;1-14-2-5-18-17(10-14)20(13-21-18)6-8-22(9-7-20)19-12-15-3-4-16(19)11-15;1-13-5-6-15-14(11-13)18(7-9-19-10-8-18)12-20(15)16(21)22-17(2,3)4;8-7-4-5-1-2-6(7)3-5;1-3(5)7-8-4(2)6;1-2(4)5-3;2-1-3;1-5(2,3)4;;/h5,8,13,18-19,22H,6-7,9-12,14-16H2,1-4H3;3,6,11,16-17,20H,4-5,7-10,12-14H2,1-2H3;2,5,10,15-16,19,21H,3-4,6-9,11-13H2,1H3;5-6,11,19H,7-10,12H2,1-4H3;5-6H,1-4H2;1-2H3;1H3;1H2;1H3;1H;/q;;;;;;-1;;;;+1/t18-,19+,22?;16-,17+,20?;15-,16+,19?;;5-,6+;;;;;;/m000.0....../s1. The first-order chi connectivity index (χ1) is 60.3. The summed E-state index contributed by atoms with van der Waals surface area (Å²) in [5.41, 5.74) is 14.9. The van der Waals surface area contributed by atoms with Crippen molar-refractivity contribution in [2.75, 3.05) is 116 Å². The van der Waals surface area contributed by atoms with Crippen LogP contribution in [0.15, 0.2) is 72.8 Å². The third-order valence-corrected chi connectivity index (χ3v) is 31.8. The number of ketones is 1. The summed E-state index contributed by atoms with van der Waals surface area (Å²) in [4.78, 5) is 85.4. The van der Waals surface area contributed by atoms with Gasteiger partial charge in [-0.1, -0.05) is 90.0 Å². The van der Waals surface area contributed by atoms with E-state index in [-0.39, 0.29) is 75.7 Å². The molecule has 3 unspecified atom stereocenters. The third-order valence-electron chi connectivity index (χ3n) is 30.6. The third kappa shape index (κ3) is 26.9. The fourth-order valence-corrected chi connectivity index (χ4v) is 25.7. The maximum atomic E-state index is 13.0. The first kappa shape index (κ1) is 107. The van der Waals surface area contributed by atoms with Crippen LogP contribution in [0, 0.1) is 75.0 Å². The number of nitrogens with one attached hydrogen (secondary N) is 2. The zero-order valence-electron chi connectivity index (χ0n) is 80.2. The number of piperidine rings is 4. The number of fused-ring (bicyclic) bond motifs is 16. The first-order valence-corrected chi connectivity index (χ1v) is 52.8. The fraction of sp³-hybridized carbons (Fsp3) is 0.697. The molecule has 2 N–H and O–H groups in total. The average molecular weight is 1930 g/mol. The molecule has 4 aromatic rings. The number of ether oxygens (including phenoxy) is 2. The van der Waals surface area contributed by atoms with Gasteiger partial charge in [-0.05, 0) is 338 Å². The molecule has 8 aliphatic carbocycles. The number of nitrogens with zero attached hydrogens (tertiary/aromatic N) is 6. The Morgan fingerprint density at radius 3 is 1.12 bits per heavy atom. The van der Waals surface area contributed by atoms with Crippen LogP contribution in [0.5, 0.6) is 0 Å². The molecular formula is C99H145BCl4N8NaO15S2. The molecule has 20 rings (SSSR count). The Kier molecular flexibility index (Phi) is 37.2. The molecule has 11 atom stereocenters. The minimum atomic E-state index is -3.22. The molecule has 4 spiro atoms. The number of hydrogen-bond donors (Lipinski definition) is 2. The summed E-state index contributed by atoms with van der Waals surface area (Å²) in [6.07, 6.45) is 33.5. The van der Waals surface area contributed by atoms with Crippen LogP contribution in [0.1, 0.15) is 261 Å². The maximum absolute atomic E-state index is 13.0. The molecule has 8 heterocycles. The molecule has 4 aromatic carbocycles. The van der Waals surface area contributed by atoms with Crippen LogP contribution in [0.4, 0.5) is 32.3 Å². The smallest absolute Gasteiger partial charge is 0.793 e. The Morgan fingerprint density at radius 1 is 0.477 bits per heavy atom. The first-order valence-electron chi connectivity index (χ1n) is 47.2. The molecule has 8 bridgehead atoms. The van der Waals surface area contributed by atoms with E-state index in [9.17, 15) is 45.6 Å². The Labute approximate surface area is 820 Å². The Balaban J connectivity index is 0.000000163. The topological polar surface area (TPSA) is 260 Å². The van der Waals surface area contributed by atoms with Crippen LogP contribution >= 0.6 is 46.3 Å². The fourth-order valence-electron chi connectivity index (χ4n) is 24.8. The number of likely N-dealkylation sites (tertiary alicyclic amines) is 3. The number of rotatable bonds is 4. The van der Waals surface area contributed by atoms with E-state index >= 15 is 0 Å². The van der Waals surface area contributed by atoms with Gasteiger partial charge < -0.3 is 47.5 Å². The maximum Gasteiger partial charge on any atom is 1.00 e. The van der Waals surface area contributed by atoms with Gasteiger partial charge in [-0.25, -0.2) is 45.8 Å². The molecule has 31 heteroatoms. The molecule has 2 amide bonds. The van der Waals surface area contributed by atoms with Crippen LogP contribution in [0.2, 0.25) is 0 Å². The number of halogens is 4. The van der Waals surface area contributed by atoms with Gasteiger partial charge in [0.15, 0.2) is 0 Å². The van der Waals surface area contributed by atoms with Gasteiger partial charge in [-0.15, -0.1) is 35.6 Å². The molecule has 130 heavy (non-hydrogen) atoms. The summed E-state index contributed by atoms with van der Waals surface area (Å²) in [6, 6.07) is 28.8. The van der Waals surface area contributed by atoms with Crippen LogP contribution in [0.3, 0.4) is 0 Å². The van der Waals surface area contributed by atoms with Crippen molar-refractivity contribution in [2.24, 2.45) is 47.3 Å². The normalized spacial score (nSPS) is 27.0. The van der Waals surface area contributed by atoms with Gasteiger partial charge in [0.2, 0.25) is 25.0 Å². The van der Waals surface area contributed by atoms with Crippen molar-refractivity contribution < 1.29 is 99.1 Å². The van der Waals surface area contributed by atoms with Gasteiger partial charge in [0.05, 0.1) is 34.9 Å². The minimum absolute atomic E-state index is 0. The quantitative estimate of drug-likeness (QED) is 0.0632. The molecule has 16 aliphatic rings. The Morgan fingerprint density at radius 2 is 0.815 bits per heavy atom. The SMILES string of the molecule is CC(=O)OOC(C)=O.CS(=O)(=O)Cl.Cc1ccc2c(c1)C1(CCN(C3C[C@H]4CC[C@@H]3C4)CC1)CN2.Cc1ccc2c(c1)C1(CCN(C3C[C@H]4CC[C@@H]3C4)CC1)CN2C(=O)OC(C)(C)C.Cc1ccc2c(c1)C1(CCN(C3C[C@H]4CC[C@@H]3C4)CC1)CN2S(C)(=O)=O.Cc1ccc2c(c1)C1(CCNCC1)CN2C(=O)OC(C)(C)C.Cl.ClCCl.O=C1C[C@H]2CC[C@@H]1C2.[B-]OC(C)=O.[Na+]. The van der Waals surface area contributed by atoms with Crippen molar-refractivity contribution in [3.63, 3.8) is 0 Å². The number of Topliss-reactive ketones (excluding diaryl/α,β-unsaturated/α-hetero) is 1. The minimum Gasteiger partial charge on any atom is -0.793 e. The molecule has 8 saturated carbocycles. The molecule has 0 aromatic heterocycles. The predicted octanol–water partition coefficient (Wildman–Crippen LogP) is 16.0. The van der Waals surface area contributed by atoms with E-state index in [0.717, 1.165) is 187 Å². The van der Waals surface area contributed by atoms with Crippen molar-refractivity contribution in [1.29, 1.82) is 0 Å². The largest absolute Gasteiger partial charge is 1.00 e. The average Bonchev–Trinajstić information content (AvgIpc) is 1.59. The van der Waals surface area contributed by atoms with Crippen LogP contribution in [-0.2, 0) is 83.8 Å². The summed E-state index contributed by atoms with van der Waals surface area (Å²) in [6.45, 7) is 36.3. The molecule has 12 fully saturated rings. The number of anilines is 4. The number of carbonyl (C=O) groups excluding carboxylic acids is 6. The predicted molar refractivity (Wildman–Crippen MR) is 518 cm³/mol. The second kappa shape index (κ2) is 45.1. The number of benzene rings is 4. The van der Waals surface area contributed by atoms with E-state index in [0.29, 0.717) is 23.7 Å². The van der Waals surface area contributed by atoms with Crippen molar-refractivity contribution in [1.82, 2.24) is 20.0 Å². The van der Waals surface area contributed by atoms with E-state index in [4.69, 9.17) is 32.7 Å². The summed E-state index contributed by atoms with van der Waals surface area (Å²) >= 11 is 9.53. The second-order valence-electron chi connectivity index (χ2n) is 42.2. The number of hydrogen-bond acceptors (Lipinski definition) is 20. The molecule has 4 saturated heterocycles. The van der Waals surface area contributed by atoms with Gasteiger partial charge in [-0.2, -0.15) is 0 Å². The number of sulfonamides is 1. The van der Waals surface area contributed by atoms with Crippen LogP contribution in [-0.4, -0.2) is 201 Å². The van der Waals surface area contributed by atoms with E-state index in [1.54, 1.807) is 9.87 Å². The molecule has 715 valence electrons. The van der Waals surface area contributed by atoms with Gasteiger partial charge >= 0.3 is 53.7 Å². The van der Waals surface area contributed by atoms with E-state index in [1.165, 1.54) is 193 Å². The van der Waals surface area contributed by atoms with Crippen molar-refractivity contribution in [3.05, 3.63) is 117 Å². The van der Waals surface area contributed by atoms with Crippen molar-refractivity contribution >= 4 is 132 Å². The Bertz CT molecular complexity index is 4800. The number of aryl methyl sites for hydroxylation is 4. The van der Waals surface area contributed by atoms with E-state index in [1.807, 2.05) is 63.5 Å². The Hall–Kier alpha value is -4.94. The second-order valence-corrected chi connectivity index (χ2v) is 47.9.